The number of aromatic nitrogens is 4. The molecule has 11 heteroatoms. The molecule has 2 aromatic heterocycles. The molecule has 0 aliphatic heterocycles. The lowest BCUT2D eigenvalue weighted by Crippen LogP contribution is -2.17. The van der Waals surface area contributed by atoms with Crippen molar-refractivity contribution in [2.45, 2.75) is 25.8 Å². The van der Waals surface area contributed by atoms with Crippen molar-refractivity contribution < 1.29 is 28.1 Å². The standard InChI is InChI=1S/C15H12ClF3N4O3/c1-7(24)5-10-11(25)14-21-20-13(23(14)22-12(10)16)8-3-2-4-9(6-8)26-15(17,18)19/h2-4,6-7,24-25H,5H2,1H3. The maximum atomic E-state index is 12.4. The molecule has 1 unspecified atom stereocenters. The molecule has 3 aromatic rings. The molecule has 0 aliphatic rings. The van der Waals surface area contributed by atoms with E-state index in [0.29, 0.717) is 0 Å². The number of halogens is 4. The molecule has 0 saturated carbocycles. The number of aromatic hydroxyl groups is 1. The fraction of sp³-hybridized carbons (Fsp3) is 0.267. The lowest BCUT2D eigenvalue weighted by molar-refractivity contribution is -0.274. The van der Waals surface area contributed by atoms with Gasteiger partial charge in [0, 0.05) is 17.5 Å². The van der Waals surface area contributed by atoms with Gasteiger partial charge in [-0.15, -0.1) is 23.4 Å². The van der Waals surface area contributed by atoms with Gasteiger partial charge in [-0.05, 0) is 19.1 Å². The molecule has 138 valence electrons. The van der Waals surface area contributed by atoms with Crippen molar-refractivity contribution in [3.05, 3.63) is 35.0 Å². The second kappa shape index (κ2) is 6.61. The quantitative estimate of drug-likeness (QED) is 0.713. The highest BCUT2D eigenvalue weighted by Gasteiger charge is 2.31. The third-order valence-corrected chi connectivity index (χ3v) is 3.70. The van der Waals surface area contributed by atoms with Crippen LogP contribution in [-0.2, 0) is 6.42 Å². The van der Waals surface area contributed by atoms with Crippen LogP contribution in [0, 0.1) is 0 Å². The van der Waals surface area contributed by atoms with Crippen LogP contribution >= 0.6 is 11.6 Å². The summed E-state index contributed by atoms with van der Waals surface area (Å²) in [6.07, 6.45) is -5.56. The lowest BCUT2D eigenvalue weighted by atomic mass is 10.1. The fourth-order valence-corrected chi connectivity index (χ4v) is 2.63. The van der Waals surface area contributed by atoms with Crippen molar-refractivity contribution in [3.63, 3.8) is 0 Å². The first kappa shape index (κ1) is 18.2. The number of aliphatic hydroxyl groups is 1. The van der Waals surface area contributed by atoms with E-state index >= 15 is 0 Å². The highest BCUT2D eigenvalue weighted by Crippen LogP contribution is 2.32. The van der Waals surface area contributed by atoms with Crippen molar-refractivity contribution in [2.75, 3.05) is 0 Å². The summed E-state index contributed by atoms with van der Waals surface area (Å²) in [5.74, 6) is -0.687. The first-order valence-electron chi connectivity index (χ1n) is 7.32. The zero-order chi connectivity index (χ0) is 19.1. The average Bonchev–Trinajstić information content (AvgIpc) is 2.93. The Balaban J connectivity index is 2.09. The minimum absolute atomic E-state index is 0.0396. The zero-order valence-corrected chi connectivity index (χ0v) is 14.0. The molecule has 1 atom stereocenters. The second-order valence-electron chi connectivity index (χ2n) is 5.51. The summed E-state index contributed by atoms with van der Waals surface area (Å²) < 4.78 is 42.1. The molecule has 0 radical (unpaired) electrons. The SMILES string of the molecule is CC(O)Cc1c(Cl)nn2c(-c3cccc(OC(F)(F)F)c3)nnc2c1O. The predicted octanol–water partition coefficient (Wildman–Crippen LogP) is 2.97. The van der Waals surface area contributed by atoms with E-state index in [1.807, 2.05) is 0 Å². The molecule has 0 amide bonds. The fourth-order valence-electron chi connectivity index (χ4n) is 2.39. The summed E-state index contributed by atoms with van der Waals surface area (Å²) in [7, 11) is 0. The van der Waals surface area contributed by atoms with E-state index in [1.165, 1.54) is 19.1 Å². The van der Waals surface area contributed by atoms with Crippen molar-refractivity contribution in [1.29, 1.82) is 0 Å². The number of fused-ring (bicyclic) bond motifs is 1. The van der Waals surface area contributed by atoms with Crippen molar-refractivity contribution in [2.24, 2.45) is 0 Å². The number of rotatable bonds is 4. The van der Waals surface area contributed by atoms with E-state index in [2.05, 4.69) is 20.0 Å². The largest absolute Gasteiger partial charge is 0.573 e. The van der Waals surface area contributed by atoms with Crippen LogP contribution in [0.2, 0.25) is 5.15 Å². The minimum Gasteiger partial charge on any atom is -0.504 e. The number of alkyl halides is 3. The highest BCUT2D eigenvalue weighted by atomic mass is 35.5. The van der Waals surface area contributed by atoms with Gasteiger partial charge < -0.3 is 14.9 Å². The summed E-state index contributed by atoms with van der Waals surface area (Å²) >= 11 is 6.06. The number of hydrogen-bond acceptors (Lipinski definition) is 6. The average molecular weight is 389 g/mol. The normalized spacial score (nSPS) is 13.2. The van der Waals surface area contributed by atoms with Crippen LogP contribution in [-0.4, -0.2) is 42.5 Å². The van der Waals surface area contributed by atoms with Gasteiger partial charge in [-0.3, -0.25) is 0 Å². The highest BCUT2D eigenvalue weighted by molar-refractivity contribution is 6.30. The number of hydrogen-bond donors (Lipinski definition) is 2. The van der Waals surface area contributed by atoms with Gasteiger partial charge in [0.25, 0.3) is 0 Å². The second-order valence-corrected chi connectivity index (χ2v) is 5.86. The van der Waals surface area contributed by atoms with Crippen LogP contribution in [0.5, 0.6) is 11.5 Å². The Labute approximate surface area is 149 Å². The van der Waals surface area contributed by atoms with Crippen molar-refractivity contribution >= 4 is 17.2 Å². The van der Waals surface area contributed by atoms with Crippen LogP contribution in [0.4, 0.5) is 13.2 Å². The monoisotopic (exact) mass is 388 g/mol. The molecular weight excluding hydrogens is 377 g/mol. The molecule has 0 bridgehead atoms. The van der Waals surface area contributed by atoms with Crippen LogP contribution in [0.15, 0.2) is 24.3 Å². The van der Waals surface area contributed by atoms with E-state index in [4.69, 9.17) is 11.6 Å². The van der Waals surface area contributed by atoms with E-state index in [1.54, 1.807) is 0 Å². The van der Waals surface area contributed by atoms with E-state index in [-0.39, 0.29) is 39.9 Å². The molecule has 7 nitrogen and oxygen atoms in total. The predicted molar refractivity (Wildman–Crippen MR) is 85.0 cm³/mol. The maximum Gasteiger partial charge on any atom is 0.573 e. The van der Waals surface area contributed by atoms with Crippen LogP contribution in [0.3, 0.4) is 0 Å². The summed E-state index contributed by atoms with van der Waals surface area (Å²) in [6, 6.07) is 5.08. The van der Waals surface area contributed by atoms with Crippen molar-refractivity contribution in [1.82, 2.24) is 19.8 Å². The maximum absolute atomic E-state index is 12.4. The Bertz CT molecular complexity index is 959. The molecule has 0 saturated heterocycles. The number of nitrogens with zero attached hydrogens (tertiary/aromatic N) is 4. The Kier molecular flexibility index (Phi) is 4.63. The molecule has 1 aromatic carbocycles. The molecule has 0 spiro atoms. The smallest absolute Gasteiger partial charge is 0.504 e. The van der Waals surface area contributed by atoms with Crippen LogP contribution in [0.25, 0.3) is 17.0 Å². The topological polar surface area (TPSA) is 92.8 Å². The third-order valence-electron chi connectivity index (χ3n) is 3.40. The number of ether oxygens (including phenoxy) is 1. The molecule has 26 heavy (non-hydrogen) atoms. The van der Waals surface area contributed by atoms with Gasteiger partial charge in [-0.25, -0.2) is 0 Å². The summed E-state index contributed by atoms with van der Waals surface area (Å²) in [4.78, 5) is 0. The van der Waals surface area contributed by atoms with Gasteiger partial charge >= 0.3 is 6.36 Å². The van der Waals surface area contributed by atoms with E-state index in [0.717, 1.165) is 16.6 Å². The molecule has 0 fully saturated rings. The third kappa shape index (κ3) is 3.65. The molecule has 0 aliphatic carbocycles. The van der Waals surface area contributed by atoms with Gasteiger partial charge in [-0.2, -0.15) is 9.61 Å². The Morgan fingerprint density at radius 1 is 1.31 bits per heavy atom. The van der Waals surface area contributed by atoms with Gasteiger partial charge in [0.2, 0.25) is 5.65 Å². The molecule has 3 rings (SSSR count). The molecule has 2 heterocycles. The Hall–Kier alpha value is -2.59. The van der Waals surface area contributed by atoms with E-state index < -0.39 is 18.2 Å². The summed E-state index contributed by atoms with van der Waals surface area (Å²) in [5.41, 5.74) is 0.384. The minimum atomic E-state index is -4.83. The van der Waals surface area contributed by atoms with Gasteiger partial charge in [0.1, 0.15) is 5.75 Å². The molecular formula is C15H12ClF3N4O3. The number of aliphatic hydroxyl groups excluding tert-OH is 1. The van der Waals surface area contributed by atoms with Crippen LogP contribution < -0.4 is 4.74 Å². The molecule has 2 N–H and O–H groups in total. The first-order chi connectivity index (χ1) is 12.2. The zero-order valence-electron chi connectivity index (χ0n) is 13.2. The first-order valence-corrected chi connectivity index (χ1v) is 7.70. The van der Waals surface area contributed by atoms with Crippen molar-refractivity contribution in [3.8, 4) is 22.9 Å². The summed E-state index contributed by atoms with van der Waals surface area (Å²) in [6.45, 7) is 1.52. The lowest BCUT2D eigenvalue weighted by Gasteiger charge is -2.11. The van der Waals surface area contributed by atoms with Gasteiger partial charge in [-0.1, -0.05) is 23.7 Å². The Morgan fingerprint density at radius 3 is 2.69 bits per heavy atom. The number of benzene rings is 1. The Morgan fingerprint density at radius 2 is 2.04 bits per heavy atom. The van der Waals surface area contributed by atoms with E-state index in [9.17, 15) is 23.4 Å². The van der Waals surface area contributed by atoms with Crippen LogP contribution in [0.1, 0.15) is 12.5 Å². The van der Waals surface area contributed by atoms with Gasteiger partial charge in [0.05, 0.1) is 6.10 Å². The van der Waals surface area contributed by atoms with Gasteiger partial charge in [0.15, 0.2) is 16.7 Å². The summed E-state index contributed by atoms with van der Waals surface area (Å²) in [5, 5.41) is 31.4.